The van der Waals surface area contributed by atoms with Crippen LogP contribution in [0.25, 0.3) is 0 Å². The van der Waals surface area contributed by atoms with Crippen molar-refractivity contribution >= 4 is 15.9 Å². The number of benzene rings is 2. The number of aryl methyl sites for hydroxylation is 1. The third-order valence-corrected chi connectivity index (χ3v) is 3.05. The van der Waals surface area contributed by atoms with Crippen molar-refractivity contribution in [1.29, 1.82) is 0 Å². The van der Waals surface area contributed by atoms with Crippen LogP contribution in [-0.4, -0.2) is 5.11 Å². The van der Waals surface area contributed by atoms with E-state index in [4.69, 9.17) is 4.74 Å². The summed E-state index contributed by atoms with van der Waals surface area (Å²) in [5, 5.41) is 9.57. The minimum Gasteiger partial charge on any atom is -0.504 e. The van der Waals surface area contributed by atoms with E-state index in [1.165, 1.54) is 0 Å². The van der Waals surface area contributed by atoms with Gasteiger partial charge in [-0.15, -0.1) is 0 Å². The largest absolute Gasteiger partial charge is 0.504 e. The normalized spacial score (nSPS) is 10.2. The predicted molar refractivity (Wildman–Crippen MR) is 71.3 cm³/mol. The molecule has 2 rings (SSSR count). The van der Waals surface area contributed by atoms with E-state index in [0.717, 1.165) is 15.6 Å². The lowest BCUT2D eigenvalue weighted by Gasteiger charge is -2.10. The van der Waals surface area contributed by atoms with Crippen molar-refractivity contribution in [2.24, 2.45) is 0 Å². The van der Waals surface area contributed by atoms with Crippen LogP contribution in [0.1, 0.15) is 11.1 Å². The van der Waals surface area contributed by atoms with Gasteiger partial charge in [0.2, 0.25) is 0 Å². The summed E-state index contributed by atoms with van der Waals surface area (Å²) in [6.07, 6.45) is 0. The summed E-state index contributed by atoms with van der Waals surface area (Å²) in [7, 11) is 0. The number of ether oxygens (including phenoxy) is 1. The molecule has 1 N–H and O–H groups in total. The van der Waals surface area contributed by atoms with Crippen molar-refractivity contribution in [3.05, 3.63) is 58.1 Å². The Kier molecular flexibility index (Phi) is 3.69. The van der Waals surface area contributed by atoms with E-state index in [2.05, 4.69) is 15.9 Å². The van der Waals surface area contributed by atoms with Crippen LogP contribution in [0.5, 0.6) is 11.5 Å². The zero-order valence-electron chi connectivity index (χ0n) is 9.48. The molecule has 0 aliphatic rings. The number of phenols is 1. The van der Waals surface area contributed by atoms with E-state index in [1.54, 1.807) is 18.2 Å². The van der Waals surface area contributed by atoms with Gasteiger partial charge in [-0.2, -0.15) is 0 Å². The highest BCUT2D eigenvalue weighted by atomic mass is 79.9. The lowest BCUT2D eigenvalue weighted by Crippen LogP contribution is -1.97. The number of halogens is 1. The van der Waals surface area contributed by atoms with E-state index in [-0.39, 0.29) is 5.75 Å². The first-order valence-corrected chi connectivity index (χ1v) is 6.12. The Morgan fingerprint density at radius 2 is 1.94 bits per heavy atom. The highest BCUT2D eigenvalue weighted by Gasteiger charge is 2.03. The Morgan fingerprint density at radius 3 is 2.65 bits per heavy atom. The van der Waals surface area contributed by atoms with Crippen LogP contribution in [0.2, 0.25) is 0 Å². The first-order valence-electron chi connectivity index (χ1n) is 5.32. The molecule has 3 heteroatoms. The van der Waals surface area contributed by atoms with Crippen LogP contribution in [0.3, 0.4) is 0 Å². The molecule has 0 aliphatic heterocycles. The van der Waals surface area contributed by atoms with Crippen LogP contribution in [-0.2, 0) is 6.61 Å². The quantitative estimate of drug-likeness (QED) is 0.925. The number of phenolic OH excluding ortho intramolecular Hbond substituents is 1. The van der Waals surface area contributed by atoms with Gasteiger partial charge in [-0.05, 0) is 42.3 Å². The van der Waals surface area contributed by atoms with E-state index < -0.39 is 0 Å². The molecule has 88 valence electrons. The predicted octanol–water partition coefficient (Wildman–Crippen LogP) is 4.04. The third kappa shape index (κ3) is 3.01. The fourth-order valence-electron chi connectivity index (χ4n) is 1.56. The summed E-state index contributed by atoms with van der Waals surface area (Å²) in [4.78, 5) is 0. The zero-order chi connectivity index (χ0) is 12.3. The second-order valence-corrected chi connectivity index (χ2v) is 4.74. The maximum atomic E-state index is 9.57. The first kappa shape index (κ1) is 12.0. The average Bonchev–Trinajstić information content (AvgIpc) is 2.30. The van der Waals surface area contributed by atoms with E-state index in [9.17, 15) is 5.11 Å². The smallest absolute Gasteiger partial charge is 0.161 e. The maximum absolute atomic E-state index is 9.57. The molecule has 0 radical (unpaired) electrons. The molecule has 0 aromatic heterocycles. The molecule has 0 spiro atoms. The first-order chi connectivity index (χ1) is 8.16. The van der Waals surface area contributed by atoms with Crippen LogP contribution >= 0.6 is 15.9 Å². The molecule has 2 nitrogen and oxygen atoms in total. The lowest BCUT2D eigenvalue weighted by atomic mass is 10.1. The minimum atomic E-state index is 0.169. The van der Waals surface area contributed by atoms with Gasteiger partial charge in [0.1, 0.15) is 6.61 Å². The molecule has 0 amide bonds. The molecule has 0 unspecified atom stereocenters. The Labute approximate surface area is 109 Å². The van der Waals surface area contributed by atoms with Gasteiger partial charge in [-0.25, -0.2) is 0 Å². The molecular formula is C14H13BrO2. The molecule has 0 aliphatic carbocycles. The van der Waals surface area contributed by atoms with Crippen LogP contribution < -0.4 is 4.74 Å². The lowest BCUT2D eigenvalue weighted by molar-refractivity contribution is 0.288. The van der Waals surface area contributed by atoms with Gasteiger partial charge >= 0.3 is 0 Å². The van der Waals surface area contributed by atoms with Gasteiger partial charge in [-0.3, -0.25) is 0 Å². The summed E-state index contributed by atoms with van der Waals surface area (Å²) >= 11 is 3.42. The average molecular weight is 293 g/mol. The second kappa shape index (κ2) is 5.23. The molecule has 2 aromatic rings. The van der Waals surface area contributed by atoms with Crippen molar-refractivity contribution in [3.8, 4) is 11.5 Å². The summed E-state index contributed by atoms with van der Waals surface area (Å²) in [6.45, 7) is 2.49. The topological polar surface area (TPSA) is 29.5 Å². The Balaban J connectivity index is 2.10. The van der Waals surface area contributed by atoms with Crippen molar-refractivity contribution in [1.82, 2.24) is 0 Å². The number of hydrogen-bond acceptors (Lipinski definition) is 2. The minimum absolute atomic E-state index is 0.169. The number of aromatic hydroxyl groups is 1. The second-order valence-electron chi connectivity index (χ2n) is 3.83. The number of rotatable bonds is 3. The Morgan fingerprint density at radius 1 is 1.18 bits per heavy atom. The number of hydrogen-bond donors (Lipinski definition) is 1. The zero-order valence-corrected chi connectivity index (χ0v) is 11.1. The molecule has 0 saturated heterocycles. The fraction of sp³-hybridized carbons (Fsp3) is 0.143. The molecule has 0 saturated carbocycles. The van der Waals surface area contributed by atoms with Crippen molar-refractivity contribution in [3.63, 3.8) is 0 Å². The van der Waals surface area contributed by atoms with Crippen LogP contribution in [0.15, 0.2) is 46.9 Å². The van der Waals surface area contributed by atoms with Gasteiger partial charge in [0.15, 0.2) is 11.5 Å². The highest BCUT2D eigenvalue weighted by Crippen LogP contribution is 2.26. The molecule has 0 bridgehead atoms. The summed E-state index contributed by atoms with van der Waals surface area (Å²) < 4.78 is 6.63. The van der Waals surface area contributed by atoms with Gasteiger partial charge in [0.25, 0.3) is 0 Å². The van der Waals surface area contributed by atoms with E-state index in [1.807, 2.05) is 31.2 Å². The fourth-order valence-corrected chi connectivity index (χ4v) is 2.03. The summed E-state index contributed by atoms with van der Waals surface area (Å²) in [6, 6.07) is 13.0. The molecular weight excluding hydrogens is 280 g/mol. The summed E-state index contributed by atoms with van der Waals surface area (Å²) in [5.41, 5.74) is 2.27. The van der Waals surface area contributed by atoms with Gasteiger partial charge in [-0.1, -0.05) is 34.1 Å². The standard InChI is InChI=1S/C14H13BrO2/c1-10-8-12(15)7-6-11(10)9-17-14-5-3-2-4-13(14)16/h2-8,16H,9H2,1H3. The molecule has 0 atom stereocenters. The van der Waals surface area contributed by atoms with E-state index >= 15 is 0 Å². The Bertz CT molecular complexity index is 523. The van der Waals surface area contributed by atoms with E-state index in [0.29, 0.717) is 12.4 Å². The highest BCUT2D eigenvalue weighted by molar-refractivity contribution is 9.10. The SMILES string of the molecule is Cc1cc(Br)ccc1COc1ccccc1O. The van der Waals surface area contributed by atoms with Crippen molar-refractivity contribution in [2.75, 3.05) is 0 Å². The van der Waals surface area contributed by atoms with Gasteiger partial charge < -0.3 is 9.84 Å². The van der Waals surface area contributed by atoms with Crippen molar-refractivity contribution in [2.45, 2.75) is 13.5 Å². The molecule has 0 heterocycles. The maximum Gasteiger partial charge on any atom is 0.161 e. The van der Waals surface area contributed by atoms with Crippen LogP contribution in [0.4, 0.5) is 0 Å². The number of para-hydroxylation sites is 2. The monoisotopic (exact) mass is 292 g/mol. The van der Waals surface area contributed by atoms with Crippen LogP contribution in [0, 0.1) is 6.92 Å². The van der Waals surface area contributed by atoms with Crippen molar-refractivity contribution < 1.29 is 9.84 Å². The summed E-state index contributed by atoms with van der Waals surface area (Å²) in [5.74, 6) is 0.678. The van der Waals surface area contributed by atoms with Gasteiger partial charge in [0.05, 0.1) is 0 Å². The van der Waals surface area contributed by atoms with Gasteiger partial charge in [0, 0.05) is 4.47 Å². The Hall–Kier alpha value is -1.48. The molecule has 2 aromatic carbocycles. The third-order valence-electron chi connectivity index (χ3n) is 2.55. The molecule has 17 heavy (non-hydrogen) atoms. The molecule has 0 fully saturated rings.